The van der Waals surface area contributed by atoms with Gasteiger partial charge in [-0.3, -0.25) is 4.79 Å². The number of nitrogens with zero attached hydrogens (tertiary/aromatic N) is 1. The highest BCUT2D eigenvalue weighted by atomic mass is 16.2. The summed E-state index contributed by atoms with van der Waals surface area (Å²) >= 11 is 0. The van der Waals surface area contributed by atoms with Gasteiger partial charge in [-0.15, -0.1) is 0 Å². The third kappa shape index (κ3) is 4.23. The molecule has 4 heteroatoms. The van der Waals surface area contributed by atoms with Crippen LogP contribution in [-0.4, -0.2) is 38.6 Å². The van der Waals surface area contributed by atoms with Crippen LogP contribution in [0.3, 0.4) is 0 Å². The molecule has 0 radical (unpaired) electrons. The van der Waals surface area contributed by atoms with Crippen LogP contribution in [0.5, 0.6) is 0 Å². The van der Waals surface area contributed by atoms with E-state index in [4.69, 9.17) is 0 Å². The first-order valence-corrected chi connectivity index (χ1v) is 8.80. The van der Waals surface area contributed by atoms with Crippen molar-refractivity contribution in [3.8, 4) is 0 Å². The van der Waals surface area contributed by atoms with Crippen LogP contribution in [0, 0.1) is 0 Å². The fraction of sp³-hybridized carbons (Fsp3) is 0.611. The molecule has 3 rings (SSSR count). The molecule has 0 aromatic heterocycles. The lowest BCUT2D eigenvalue weighted by Crippen LogP contribution is -3.12. The maximum absolute atomic E-state index is 12.2. The summed E-state index contributed by atoms with van der Waals surface area (Å²) in [6.45, 7) is 5.20. The minimum absolute atomic E-state index is 0.144. The zero-order chi connectivity index (χ0) is 15.2. The van der Waals surface area contributed by atoms with Crippen LogP contribution in [-0.2, 0) is 4.79 Å². The van der Waals surface area contributed by atoms with E-state index in [1.807, 2.05) is 12.1 Å². The third-order valence-electron chi connectivity index (χ3n) is 4.84. The number of nitrogens with one attached hydrogen (secondary N) is 2. The first kappa shape index (κ1) is 15.3. The summed E-state index contributed by atoms with van der Waals surface area (Å²) in [5.41, 5.74) is 2.19. The maximum Gasteiger partial charge on any atom is 0.279 e. The van der Waals surface area contributed by atoms with E-state index in [0.717, 1.165) is 31.9 Å². The molecule has 2 saturated heterocycles. The standard InChI is InChI=1S/C18H27N3O/c22-18(15-20-11-3-1-2-4-12-20)19-16-7-9-17(10-8-16)21-13-5-6-14-21/h7-10H,1-6,11-15H2,(H,19,22)/p+1. The Kier molecular flexibility index (Phi) is 5.33. The quantitative estimate of drug-likeness (QED) is 0.888. The van der Waals surface area contributed by atoms with Gasteiger partial charge in [-0.25, -0.2) is 0 Å². The van der Waals surface area contributed by atoms with Crippen LogP contribution < -0.4 is 15.1 Å². The van der Waals surface area contributed by atoms with Crippen molar-refractivity contribution >= 4 is 17.3 Å². The Balaban J connectivity index is 1.50. The van der Waals surface area contributed by atoms with Gasteiger partial charge in [-0.2, -0.15) is 0 Å². The predicted octanol–water partition coefficient (Wildman–Crippen LogP) is 1.68. The van der Waals surface area contributed by atoms with E-state index in [0.29, 0.717) is 6.54 Å². The molecular weight excluding hydrogens is 274 g/mol. The molecule has 0 saturated carbocycles. The molecular formula is C18H28N3O+. The van der Waals surface area contributed by atoms with Crippen molar-refractivity contribution in [3.63, 3.8) is 0 Å². The summed E-state index contributed by atoms with van der Waals surface area (Å²) in [4.78, 5) is 16.0. The van der Waals surface area contributed by atoms with Crippen molar-refractivity contribution in [1.29, 1.82) is 0 Å². The van der Waals surface area contributed by atoms with Gasteiger partial charge in [-0.1, -0.05) is 0 Å². The molecule has 2 aliphatic rings. The van der Waals surface area contributed by atoms with E-state index < -0.39 is 0 Å². The van der Waals surface area contributed by atoms with Crippen LogP contribution >= 0.6 is 0 Å². The summed E-state index contributed by atoms with van der Waals surface area (Å²) < 4.78 is 0. The average molecular weight is 302 g/mol. The zero-order valence-corrected chi connectivity index (χ0v) is 13.4. The predicted molar refractivity (Wildman–Crippen MR) is 90.6 cm³/mol. The Morgan fingerprint density at radius 1 is 0.955 bits per heavy atom. The van der Waals surface area contributed by atoms with Crippen molar-refractivity contribution in [1.82, 2.24) is 0 Å². The number of hydrogen-bond acceptors (Lipinski definition) is 2. The third-order valence-corrected chi connectivity index (χ3v) is 4.84. The number of carbonyl (C=O) groups excluding carboxylic acids is 1. The smallest absolute Gasteiger partial charge is 0.279 e. The molecule has 2 N–H and O–H groups in total. The lowest BCUT2D eigenvalue weighted by Gasteiger charge is -2.18. The summed E-state index contributed by atoms with van der Waals surface area (Å²) in [5.74, 6) is 0.144. The topological polar surface area (TPSA) is 36.8 Å². The number of quaternary nitrogens is 1. The fourth-order valence-corrected chi connectivity index (χ4v) is 3.57. The molecule has 22 heavy (non-hydrogen) atoms. The Bertz CT molecular complexity index is 472. The first-order chi connectivity index (χ1) is 10.8. The largest absolute Gasteiger partial charge is 0.372 e. The van der Waals surface area contributed by atoms with Gasteiger partial charge in [0.1, 0.15) is 0 Å². The molecule has 120 valence electrons. The molecule has 0 aliphatic carbocycles. The number of carbonyl (C=O) groups is 1. The Hall–Kier alpha value is -1.55. The number of rotatable bonds is 4. The van der Waals surface area contributed by atoms with Gasteiger partial charge in [0.05, 0.1) is 13.1 Å². The molecule has 2 heterocycles. The molecule has 0 atom stereocenters. The van der Waals surface area contributed by atoms with Gasteiger partial charge in [0.15, 0.2) is 6.54 Å². The van der Waals surface area contributed by atoms with E-state index in [1.54, 1.807) is 0 Å². The second-order valence-electron chi connectivity index (χ2n) is 6.63. The minimum atomic E-state index is 0.144. The van der Waals surface area contributed by atoms with Gasteiger partial charge in [-0.05, 0) is 62.8 Å². The molecule has 1 amide bonds. The van der Waals surface area contributed by atoms with Crippen molar-refractivity contribution < 1.29 is 9.69 Å². The van der Waals surface area contributed by atoms with Crippen molar-refractivity contribution in [2.24, 2.45) is 0 Å². The van der Waals surface area contributed by atoms with Crippen molar-refractivity contribution in [3.05, 3.63) is 24.3 Å². The lowest BCUT2D eigenvalue weighted by atomic mass is 10.2. The molecule has 1 aromatic rings. The monoisotopic (exact) mass is 302 g/mol. The normalized spacial score (nSPS) is 19.9. The molecule has 4 nitrogen and oxygen atoms in total. The summed E-state index contributed by atoms with van der Waals surface area (Å²) in [5, 5.41) is 3.05. The second-order valence-corrected chi connectivity index (χ2v) is 6.63. The number of amides is 1. The Morgan fingerprint density at radius 2 is 1.59 bits per heavy atom. The van der Waals surface area contributed by atoms with E-state index in [1.165, 1.54) is 49.1 Å². The number of hydrogen-bond donors (Lipinski definition) is 2. The Labute approximate surface area is 133 Å². The molecule has 0 unspecified atom stereocenters. The number of benzene rings is 1. The number of anilines is 2. The van der Waals surface area contributed by atoms with Gasteiger partial charge < -0.3 is 15.1 Å². The van der Waals surface area contributed by atoms with Crippen LogP contribution in [0.15, 0.2) is 24.3 Å². The highest BCUT2D eigenvalue weighted by molar-refractivity contribution is 5.91. The van der Waals surface area contributed by atoms with E-state index in [9.17, 15) is 4.79 Å². The van der Waals surface area contributed by atoms with Gasteiger partial charge >= 0.3 is 0 Å². The SMILES string of the molecule is O=C(C[NH+]1CCCCCC1)Nc1ccc(N2CCCC2)cc1. The lowest BCUT2D eigenvalue weighted by molar-refractivity contribution is -0.890. The van der Waals surface area contributed by atoms with Gasteiger partial charge in [0.2, 0.25) is 0 Å². The Morgan fingerprint density at radius 3 is 2.23 bits per heavy atom. The molecule has 2 aliphatic heterocycles. The van der Waals surface area contributed by atoms with E-state index >= 15 is 0 Å². The summed E-state index contributed by atoms with van der Waals surface area (Å²) in [6.07, 6.45) is 7.74. The molecule has 0 bridgehead atoms. The highest BCUT2D eigenvalue weighted by Gasteiger charge is 2.16. The first-order valence-electron chi connectivity index (χ1n) is 8.80. The van der Waals surface area contributed by atoms with E-state index in [-0.39, 0.29) is 5.91 Å². The molecule has 2 fully saturated rings. The summed E-state index contributed by atoms with van der Waals surface area (Å²) in [6, 6.07) is 8.31. The number of likely N-dealkylation sites (tertiary alicyclic amines) is 1. The van der Waals surface area contributed by atoms with Gasteiger partial charge in [0, 0.05) is 24.5 Å². The van der Waals surface area contributed by atoms with Crippen molar-refractivity contribution in [2.45, 2.75) is 38.5 Å². The van der Waals surface area contributed by atoms with Gasteiger partial charge in [0.25, 0.3) is 5.91 Å². The van der Waals surface area contributed by atoms with Crippen LogP contribution in [0.25, 0.3) is 0 Å². The second kappa shape index (κ2) is 7.63. The minimum Gasteiger partial charge on any atom is -0.372 e. The zero-order valence-electron chi connectivity index (χ0n) is 13.4. The van der Waals surface area contributed by atoms with Crippen LogP contribution in [0.1, 0.15) is 38.5 Å². The van der Waals surface area contributed by atoms with E-state index in [2.05, 4.69) is 22.3 Å². The average Bonchev–Trinajstić information content (AvgIpc) is 2.94. The van der Waals surface area contributed by atoms with Crippen LogP contribution in [0.2, 0.25) is 0 Å². The fourth-order valence-electron chi connectivity index (χ4n) is 3.57. The maximum atomic E-state index is 12.2. The molecule has 1 aromatic carbocycles. The van der Waals surface area contributed by atoms with Crippen LogP contribution in [0.4, 0.5) is 11.4 Å². The highest BCUT2D eigenvalue weighted by Crippen LogP contribution is 2.21. The summed E-state index contributed by atoms with van der Waals surface area (Å²) in [7, 11) is 0. The van der Waals surface area contributed by atoms with Crippen molar-refractivity contribution in [2.75, 3.05) is 42.9 Å². The molecule has 0 spiro atoms.